The number of amides is 1. The van der Waals surface area contributed by atoms with Crippen LogP contribution >= 0.6 is 11.5 Å². The molecule has 0 aliphatic rings. The number of hydrogen-bond donors (Lipinski definition) is 0. The Labute approximate surface area is 108 Å². The fourth-order valence-electron chi connectivity index (χ4n) is 1.86. The molecule has 1 rings (SSSR count). The first-order valence-electron chi connectivity index (χ1n) is 6.26. The minimum absolute atomic E-state index is 0.125. The molecule has 3 nitrogen and oxygen atoms in total. The number of aromatic nitrogens is 1. The second-order valence-electron chi connectivity index (χ2n) is 4.54. The highest BCUT2D eigenvalue weighted by atomic mass is 32.1. The van der Waals surface area contributed by atoms with Gasteiger partial charge in [-0.1, -0.05) is 13.8 Å². The number of aryl methyl sites for hydroxylation is 1. The van der Waals surface area contributed by atoms with Gasteiger partial charge in [-0.25, -0.2) is 0 Å². The first-order valence-corrected chi connectivity index (χ1v) is 7.10. The van der Waals surface area contributed by atoms with Gasteiger partial charge in [-0.05, 0) is 45.1 Å². The number of carbonyl (C=O) groups is 1. The van der Waals surface area contributed by atoms with Crippen molar-refractivity contribution in [2.24, 2.45) is 0 Å². The van der Waals surface area contributed by atoms with Crippen molar-refractivity contribution in [2.45, 2.75) is 59.5 Å². The van der Waals surface area contributed by atoms with E-state index in [4.69, 9.17) is 0 Å². The van der Waals surface area contributed by atoms with Crippen molar-refractivity contribution in [2.75, 3.05) is 0 Å². The summed E-state index contributed by atoms with van der Waals surface area (Å²) in [5.41, 5.74) is 1.60. The third kappa shape index (κ3) is 3.06. The van der Waals surface area contributed by atoms with Gasteiger partial charge in [0.1, 0.15) is 0 Å². The summed E-state index contributed by atoms with van der Waals surface area (Å²) in [5, 5.41) is 1.86. The molecule has 0 bridgehead atoms. The van der Waals surface area contributed by atoms with Crippen LogP contribution in [-0.4, -0.2) is 27.3 Å². The summed E-state index contributed by atoms with van der Waals surface area (Å²) in [6.45, 7) is 10.4. The van der Waals surface area contributed by atoms with Gasteiger partial charge in [0, 0.05) is 17.5 Å². The number of rotatable bonds is 5. The van der Waals surface area contributed by atoms with E-state index >= 15 is 0 Å². The van der Waals surface area contributed by atoms with Crippen molar-refractivity contribution in [3.8, 4) is 0 Å². The van der Waals surface area contributed by atoms with Crippen molar-refractivity contribution in [3.63, 3.8) is 0 Å². The molecule has 96 valence electrons. The van der Waals surface area contributed by atoms with E-state index in [9.17, 15) is 4.79 Å². The van der Waals surface area contributed by atoms with Crippen LogP contribution in [0.4, 0.5) is 0 Å². The predicted octanol–water partition coefficient (Wildman–Crippen LogP) is 3.49. The average Bonchev–Trinajstić information content (AvgIpc) is 2.74. The van der Waals surface area contributed by atoms with Gasteiger partial charge in [-0.3, -0.25) is 4.79 Å². The van der Waals surface area contributed by atoms with Gasteiger partial charge in [0.15, 0.2) is 0 Å². The van der Waals surface area contributed by atoms with E-state index in [1.165, 1.54) is 11.5 Å². The van der Waals surface area contributed by atoms with E-state index in [0.29, 0.717) is 0 Å². The second-order valence-corrected chi connectivity index (χ2v) is 5.17. The Hall–Kier alpha value is -0.900. The molecule has 0 radical (unpaired) electrons. The lowest BCUT2D eigenvalue weighted by molar-refractivity contribution is 0.0598. The molecule has 0 unspecified atom stereocenters. The zero-order valence-corrected chi connectivity index (χ0v) is 12.2. The van der Waals surface area contributed by atoms with Gasteiger partial charge in [0.25, 0.3) is 5.91 Å². The Morgan fingerprint density at radius 3 is 2.24 bits per heavy atom. The smallest absolute Gasteiger partial charge is 0.257 e. The van der Waals surface area contributed by atoms with Crippen LogP contribution in [0, 0.1) is 6.92 Å². The minimum atomic E-state index is 0.125. The van der Waals surface area contributed by atoms with Gasteiger partial charge in [0.05, 0.1) is 11.3 Å². The number of hydrogen-bond acceptors (Lipinski definition) is 3. The Balaban J connectivity index is 2.99. The van der Waals surface area contributed by atoms with Crippen molar-refractivity contribution in [1.82, 2.24) is 9.27 Å². The second kappa shape index (κ2) is 6.15. The fraction of sp³-hybridized carbons (Fsp3) is 0.692. The molecule has 4 heteroatoms. The van der Waals surface area contributed by atoms with Crippen LogP contribution < -0.4 is 0 Å². The lowest BCUT2D eigenvalue weighted by Crippen LogP contribution is -2.44. The molecule has 1 aromatic rings. The molecule has 1 amide bonds. The van der Waals surface area contributed by atoms with Crippen LogP contribution in [0.1, 0.15) is 56.6 Å². The van der Waals surface area contributed by atoms with E-state index in [2.05, 4.69) is 32.1 Å². The van der Waals surface area contributed by atoms with Crippen LogP contribution in [0.25, 0.3) is 0 Å². The standard InChI is InChI=1S/C13H22N2OS/c1-6-9(3)15(10(4)7-2)13(16)12-8-17-14-11(12)5/h8-10H,6-7H2,1-5H3/t9-,10+. The summed E-state index contributed by atoms with van der Waals surface area (Å²) in [6.07, 6.45) is 1.96. The summed E-state index contributed by atoms with van der Waals surface area (Å²) >= 11 is 1.35. The van der Waals surface area contributed by atoms with Crippen LogP contribution in [0.15, 0.2) is 5.38 Å². The lowest BCUT2D eigenvalue weighted by Gasteiger charge is -2.33. The van der Waals surface area contributed by atoms with Gasteiger partial charge in [-0.2, -0.15) is 4.37 Å². The summed E-state index contributed by atoms with van der Waals surface area (Å²) in [4.78, 5) is 14.5. The van der Waals surface area contributed by atoms with Gasteiger partial charge >= 0.3 is 0 Å². The monoisotopic (exact) mass is 254 g/mol. The normalized spacial score (nSPS) is 14.4. The maximum atomic E-state index is 12.5. The van der Waals surface area contributed by atoms with Crippen molar-refractivity contribution in [1.29, 1.82) is 0 Å². The molecule has 0 saturated carbocycles. The highest BCUT2D eigenvalue weighted by Crippen LogP contribution is 2.19. The van der Waals surface area contributed by atoms with E-state index in [1.807, 2.05) is 17.2 Å². The zero-order valence-electron chi connectivity index (χ0n) is 11.4. The van der Waals surface area contributed by atoms with Gasteiger partial charge in [0.2, 0.25) is 0 Å². The SMILES string of the molecule is CC[C@@H](C)N(C(=O)c1csnc1C)[C@@H](C)CC. The number of nitrogens with zero attached hydrogens (tertiary/aromatic N) is 2. The van der Waals surface area contributed by atoms with E-state index in [0.717, 1.165) is 24.1 Å². The fourth-order valence-corrected chi connectivity index (χ4v) is 2.55. The topological polar surface area (TPSA) is 33.2 Å². The molecule has 0 N–H and O–H groups in total. The molecule has 2 atom stereocenters. The maximum Gasteiger partial charge on any atom is 0.257 e. The average molecular weight is 254 g/mol. The Kier molecular flexibility index (Phi) is 5.12. The summed E-state index contributed by atoms with van der Waals surface area (Å²) in [5.74, 6) is 0.125. The van der Waals surface area contributed by atoms with Crippen molar-refractivity contribution < 1.29 is 4.79 Å². The van der Waals surface area contributed by atoms with E-state index in [1.54, 1.807) is 0 Å². The highest BCUT2D eigenvalue weighted by molar-refractivity contribution is 7.03. The first-order chi connectivity index (χ1) is 8.02. The van der Waals surface area contributed by atoms with E-state index in [-0.39, 0.29) is 18.0 Å². The maximum absolute atomic E-state index is 12.5. The van der Waals surface area contributed by atoms with Crippen LogP contribution in [0.2, 0.25) is 0 Å². The largest absolute Gasteiger partial charge is 0.333 e. The Morgan fingerprint density at radius 2 is 1.88 bits per heavy atom. The highest BCUT2D eigenvalue weighted by Gasteiger charge is 2.26. The van der Waals surface area contributed by atoms with Crippen LogP contribution in [0.5, 0.6) is 0 Å². The molecule has 1 heterocycles. The molecule has 0 spiro atoms. The minimum Gasteiger partial charge on any atom is -0.333 e. The molecule has 0 saturated heterocycles. The molecule has 0 fully saturated rings. The van der Waals surface area contributed by atoms with Crippen LogP contribution in [0.3, 0.4) is 0 Å². The zero-order chi connectivity index (χ0) is 13.0. The Morgan fingerprint density at radius 1 is 1.35 bits per heavy atom. The molecular formula is C13H22N2OS. The predicted molar refractivity (Wildman–Crippen MR) is 72.5 cm³/mol. The summed E-state index contributed by atoms with van der Waals surface area (Å²) in [6, 6.07) is 0.550. The summed E-state index contributed by atoms with van der Waals surface area (Å²) < 4.78 is 4.18. The molecule has 0 aliphatic heterocycles. The van der Waals surface area contributed by atoms with Crippen molar-refractivity contribution >= 4 is 17.4 Å². The third-order valence-electron chi connectivity index (χ3n) is 3.35. The Bertz CT molecular complexity index is 365. The third-order valence-corrected chi connectivity index (χ3v) is 4.07. The molecule has 0 aliphatic carbocycles. The van der Waals surface area contributed by atoms with Gasteiger partial charge < -0.3 is 4.90 Å². The van der Waals surface area contributed by atoms with Crippen LogP contribution in [-0.2, 0) is 0 Å². The molecule has 0 aromatic carbocycles. The first kappa shape index (κ1) is 14.2. The van der Waals surface area contributed by atoms with Crippen molar-refractivity contribution in [3.05, 3.63) is 16.6 Å². The van der Waals surface area contributed by atoms with E-state index < -0.39 is 0 Å². The molecule has 17 heavy (non-hydrogen) atoms. The van der Waals surface area contributed by atoms with Gasteiger partial charge in [-0.15, -0.1) is 0 Å². The summed E-state index contributed by atoms with van der Waals surface area (Å²) in [7, 11) is 0. The molecule has 1 aromatic heterocycles. The molecular weight excluding hydrogens is 232 g/mol. The number of carbonyl (C=O) groups excluding carboxylic acids is 1. The lowest BCUT2D eigenvalue weighted by atomic mass is 10.1. The quantitative estimate of drug-likeness (QED) is 0.806.